The van der Waals surface area contributed by atoms with E-state index >= 15 is 0 Å². The molecule has 2 N–H and O–H groups in total. The molecular formula is C16H21Cl2N3OS. The maximum absolute atomic E-state index is 6.03. The van der Waals surface area contributed by atoms with Crippen LogP contribution in [0.25, 0.3) is 0 Å². The van der Waals surface area contributed by atoms with Crippen LogP contribution in [0.3, 0.4) is 0 Å². The number of likely N-dealkylation sites (tertiary alicyclic amines) is 1. The monoisotopic (exact) mass is 373 g/mol. The minimum Gasteiger partial charge on any atom is -0.490 e. The van der Waals surface area contributed by atoms with Crippen LogP contribution in [0.2, 0.25) is 10.0 Å². The Labute approximate surface area is 151 Å². The van der Waals surface area contributed by atoms with Gasteiger partial charge in [0.15, 0.2) is 0 Å². The predicted octanol–water partition coefficient (Wildman–Crippen LogP) is 3.60. The Kier molecular flexibility index (Phi) is 5.99. The summed E-state index contributed by atoms with van der Waals surface area (Å²) in [7, 11) is 0. The smallest absolute Gasteiger partial charge is 0.129 e. The number of ether oxygens (including phenoxy) is 1. The van der Waals surface area contributed by atoms with Crippen molar-refractivity contribution in [2.24, 2.45) is 5.73 Å². The zero-order chi connectivity index (χ0) is 16.2. The van der Waals surface area contributed by atoms with E-state index < -0.39 is 0 Å². The molecule has 1 saturated heterocycles. The van der Waals surface area contributed by atoms with Gasteiger partial charge >= 0.3 is 0 Å². The summed E-state index contributed by atoms with van der Waals surface area (Å²) in [6.45, 7) is 4.11. The van der Waals surface area contributed by atoms with Crippen molar-refractivity contribution in [2.45, 2.75) is 24.4 Å². The van der Waals surface area contributed by atoms with Crippen LogP contribution in [-0.4, -0.2) is 47.6 Å². The van der Waals surface area contributed by atoms with E-state index in [9.17, 15) is 0 Å². The van der Waals surface area contributed by atoms with Crippen molar-refractivity contribution in [1.29, 1.82) is 0 Å². The lowest BCUT2D eigenvalue weighted by Gasteiger charge is -2.33. The van der Waals surface area contributed by atoms with Crippen LogP contribution in [0.4, 0.5) is 0 Å². The van der Waals surface area contributed by atoms with Crippen molar-refractivity contribution in [2.75, 3.05) is 26.2 Å². The lowest BCUT2D eigenvalue weighted by atomic mass is 10.1. The summed E-state index contributed by atoms with van der Waals surface area (Å²) < 4.78 is 6.02. The topological polar surface area (TPSA) is 41.7 Å². The molecule has 2 heterocycles. The first-order valence-corrected chi connectivity index (χ1v) is 9.49. The summed E-state index contributed by atoms with van der Waals surface area (Å²) in [6, 6.07) is 5.44. The second-order valence-corrected chi connectivity index (χ2v) is 7.63. The van der Waals surface area contributed by atoms with E-state index in [0.717, 1.165) is 44.8 Å². The fourth-order valence-corrected chi connectivity index (χ4v) is 3.82. The molecule has 4 nitrogen and oxygen atoms in total. The number of halogens is 2. The molecule has 1 fully saturated rings. The van der Waals surface area contributed by atoms with Crippen molar-refractivity contribution < 1.29 is 4.74 Å². The normalized spacial score (nSPS) is 22.7. The lowest BCUT2D eigenvalue weighted by molar-refractivity contribution is 0.0960. The highest BCUT2D eigenvalue weighted by Gasteiger charge is 2.22. The van der Waals surface area contributed by atoms with Gasteiger partial charge in [-0.25, -0.2) is 0 Å². The average molecular weight is 374 g/mol. The second kappa shape index (κ2) is 7.99. The number of hydrogen-bond acceptors (Lipinski definition) is 5. The zero-order valence-electron chi connectivity index (χ0n) is 12.8. The number of hydrogen-bond donors (Lipinski definition) is 1. The molecule has 1 unspecified atom stereocenters. The van der Waals surface area contributed by atoms with Gasteiger partial charge in [-0.05, 0) is 30.4 Å². The summed E-state index contributed by atoms with van der Waals surface area (Å²) in [6.07, 6.45) is 4.37. The quantitative estimate of drug-likeness (QED) is 0.853. The van der Waals surface area contributed by atoms with Gasteiger partial charge < -0.3 is 20.3 Å². The fourth-order valence-electron chi connectivity index (χ4n) is 2.81. The molecule has 1 aromatic rings. The van der Waals surface area contributed by atoms with Gasteiger partial charge in [0, 0.05) is 38.4 Å². The van der Waals surface area contributed by atoms with Gasteiger partial charge in [0.2, 0.25) is 0 Å². The fraction of sp³-hybridized carbons (Fsp3) is 0.500. The van der Waals surface area contributed by atoms with E-state index in [-0.39, 0.29) is 11.6 Å². The van der Waals surface area contributed by atoms with Crippen molar-refractivity contribution in [3.05, 3.63) is 39.9 Å². The summed E-state index contributed by atoms with van der Waals surface area (Å²) in [4.78, 5) is 4.65. The van der Waals surface area contributed by atoms with Gasteiger partial charge in [0.25, 0.3) is 0 Å². The van der Waals surface area contributed by atoms with Crippen molar-refractivity contribution in [3.63, 3.8) is 0 Å². The molecule has 0 radical (unpaired) electrons. The molecule has 0 aliphatic carbocycles. The summed E-state index contributed by atoms with van der Waals surface area (Å²) in [5.74, 6) is 0.794. The van der Waals surface area contributed by atoms with E-state index in [1.54, 1.807) is 23.9 Å². The van der Waals surface area contributed by atoms with E-state index in [4.69, 9.17) is 33.7 Å². The van der Waals surface area contributed by atoms with Crippen LogP contribution in [0.15, 0.2) is 29.8 Å². The minimum absolute atomic E-state index is 0.0746. The highest BCUT2D eigenvalue weighted by Crippen LogP contribution is 2.28. The standard InChI is InChI=1S/C16H21Cl2N3OS/c17-14-2-1-13(11-15(14)18)22-12-3-5-20(6-4-12)7-8-21-9-10-23-16(21)19/h1-2,9-12,16H,3-8,19H2. The van der Waals surface area contributed by atoms with Gasteiger partial charge in [-0.2, -0.15) is 0 Å². The molecule has 3 rings (SSSR count). The molecule has 2 aliphatic heterocycles. The van der Waals surface area contributed by atoms with Gasteiger partial charge in [-0.15, -0.1) is 0 Å². The third-order valence-corrected chi connectivity index (χ3v) is 5.77. The van der Waals surface area contributed by atoms with Crippen molar-refractivity contribution >= 4 is 35.0 Å². The van der Waals surface area contributed by atoms with E-state index in [1.165, 1.54) is 0 Å². The Morgan fingerprint density at radius 2 is 1.96 bits per heavy atom. The highest BCUT2D eigenvalue weighted by molar-refractivity contribution is 8.02. The Balaban J connectivity index is 1.41. The molecule has 2 aliphatic rings. The molecule has 0 amide bonds. The van der Waals surface area contributed by atoms with E-state index in [2.05, 4.69) is 21.4 Å². The summed E-state index contributed by atoms with van der Waals surface area (Å²) in [5.41, 5.74) is 6.07. The van der Waals surface area contributed by atoms with Crippen molar-refractivity contribution in [1.82, 2.24) is 9.80 Å². The van der Waals surface area contributed by atoms with Crippen LogP contribution in [-0.2, 0) is 0 Å². The Morgan fingerprint density at radius 3 is 2.61 bits per heavy atom. The van der Waals surface area contributed by atoms with Crippen LogP contribution in [0.5, 0.6) is 5.75 Å². The molecule has 0 bridgehead atoms. The van der Waals surface area contributed by atoms with Gasteiger partial charge in [-0.1, -0.05) is 35.0 Å². The van der Waals surface area contributed by atoms with Gasteiger partial charge in [0.1, 0.15) is 17.4 Å². The molecule has 0 saturated carbocycles. The van der Waals surface area contributed by atoms with Crippen LogP contribution >= 0.6 is 35.0 Å². The SMILES string of the molecule is NC1SC=CN1CCN1CCC(Oc2ccc(Cl)c(Cl)c2)CC1. The van der Waals surface area contributed by atoms with Crippen LogP contribution in [0, 0.1) is 0 Å². The van der Waals surface area contributed by atoms with Gasteiger partial charge in [-0.3, -0.25) is 0 Å². The summed E-state index contributed by atoms with van der Waals surface area (Å²) in [5, 5.41) is 3.15. The molecular weight excluding hydrogens is 353 g/mol. The maximum Gasteiger partial charge on any atom is 0.129 e. The number of thioether (sulfide) groups is 1. The predicted molar refractivity (Wildman–Crippen MR) is 98.0 cm³/mol. The number of nitrogens with zero attached hydrogens (tertiary/aromatic N) is 2. The largest absolute Gasteiger partial charge is 0.490 e. The van der Waals surface area contributed by atoms with E-state index in [0.29, 0.717) is 10.0 Å². The molecule has 0 spiro atoms. The van der Waals surface area contributed by atoms with E-state index in [1.807, 2.05) is 6.07 Å². The van der Waals surface area contributed by atoms with Crippen molar-refractivity contribution in [3.8, 4) is 5.75 Å². The Bertz CT molecular complexity index is 564. The molecule has 1 aromatic carbocycles. The van der Waals surface area contributed by atoms with Gasteiger partial charge in [0.05, 0.1) is 10.0 Å². The average Bonchev–Trinajstić information content (AvgIpc) is 2.95. The molecule has 7 heteroatoms. The first kappa shape index (κ1) is 17.2. The highest BCUT2D eigenvalue weighted by atomic mass is 35.5. The lowest BCUT2D eigenvalue weighted by Crippen LogP contribution is -2.43. The molecule has 23 heavy (non-hydrogen) atoms. The zero-order valence-corrected chi connectivity index (χ0v) is 15.2. The molecule has 126 valence electrons. The second-order valence-electron chi connectivity index (χ2n) is 5.78. The minimum atomic E-state index is 0.0746. The maximum atomic E-state index is 6.03. The molecule has 1 atom stereocenters. The summed E-state index contributed by atoms with van der Waals surface area (Å²) >= 11 is 13.6. The molecule has 0 aromatic heterocycles. The van der Waals surface area contributed by atoms with Crippen LogP contribution in [0.1, 0.15) is 12.8 Å². The third-order valence-electron chi connectivity index (χ3n) is 4.20. The first-order valence-electron chi connectivity index (χ1n) is 7.79. The first-order chi connectivity index (χ1) is 11.1. The number of rotatable bonds is 5. The number of piperidine rings is 1. The van der Waals surface area contributed by atoms with Crippen LogP contribution < -0.4 is 10.5 Å². The Hall–Kier alpha value is -0.590. The third kappa shape index (κ3) is 4.70. The Morgan fingerprint density at radius 1 is 1.17 bits per heavy atom. The number of nitrogens with two attached hydrogens (primary N) is 1. The number of benzene rings is 1.